The predicted octanol–water partition coefficient (Wildman–Crippen LogP) is 3.81. The summed E-state index contributed by atoms with van der Waals surface area (Å²) in [5, 5.41) is 2.46. The number of aromatic nitrogens is 1. The van der Waals surface area contributed by atoms with Crippen LogP contribution in [-0.2, 0) is 0 Å². The largest absolute Gasteiger partial charge is 0.322 e. The molecule has 1 saturated carbocycles. The Balaban J connectivity index is 1.97. The van der Waals surface area contributed by atoms with Gasteiger partial charge in [-0.1, -0.05) is 43.5 Å². The molecular weight excluding hydrogens is 220 g/mol. The lowest BCUT2D eigenvalue weighted by atomic mass is 9.82. The molecule has 0 bridgehead atoms. The Morgan fingerprint density at radius 2 is 1.83 bits per heavy atom. The van der Waals surface area contributed by atoms with Gasteiger partial charge in [0, 0.05) is 11.6 Å². The summed E-state index contributed by atoms with van der Waals surface area (Å²) in [6, 6.07) is 10.6. The van der Waals surface area contributed by atoms with Gasteiger partial charge in [0.1, 0.15) is 0 Å². The fourth-order valence-corrected chi connectivity index (χ4v) is 3.13. The van der Waals surface area contributed by atoms with Gasteiger partial charge in [0.05, 0.1) is 11.7 Å². The molecule has 3 rings (SSSR count). The van der Waals surface area contributed by atoms with Crippen LogP contribution in [0.25, 0.3) is 10.8 Å². The van der Waals surface area contributed by atoms with Gasteiger partial charge in [-0.2, -0.15) is 0 Å². The van der Waals surface area contributed by atoms with Crippen molar-refractivity contribution in [2.75, 3.05) is 0 Å². The Kier molecular flexibility index (Phi) is 3.28. The first-order valence-corrected chi connectivity index (χ1v) is 6.95. The topological polar surface area (TPSA) is 38.9 Å². The van der Waals surface area contributed by atoms with E-state index in [0.29, 0.717) is 5.92 Å². The Hall–Kier alpha value is -1.41. The first-order chi connectivity index (χ1) is 8.86. The van der Waals surface area contributed by atoms with Crippen molar-refractivity contribution in [3.63, 3.8) is 0 Å². The van der Waals surface area contributed by atoms with E-state index in [4.69, 9.17) is 5.73 Å². The molecule has 0 radical (unpaired) electrons. The molecule has 18 heavy (non-hydrogen) atoms. The van der Waals surface area contributed by atoms with E-state index in [-0.39, 0.29) is 6.04 Å². The molecule has 1 aliphatic rings. The maximum Gasteiger partial charge on any atom is 0.0651 e. The third kappa shape index (κ3) is 2.13. The number of benzene rings is 1. The Morgan fingerprint density at radius 1 is 1.06 bits per heavy atom. The Labute approximate surface area is 108 Å². The third-order valence-corrected chi connectivity index (χ3v) is 4.18. The van der Waals surface area contributed by atoms with Crippen LogP contribution >= 0.6 is 0 Å². The second-order valence-corrected chi connectivity index (χ2v) is 5.34. The van der Waals surface area contributed by atoms with Crippen molar-refractivity contribution in [1.82, 2.24) is 4.98 Å². The summed E-state index contributed by atoms with van der Waals surface area (Å²) in [4.78, 5) is 4.56. The van der Waals surface area contributed by atoms with Gasteiger partial charge >= 0.3 is 0 Å². The molecule has 0 spiro atoms. The van der Waals surface area contributed by atoms with Crippen LogP contribution in [0.4, 0.5) is 0 Å². The molecule has 1 aliphatic carbocycles. The maximum atomic E-state index is 6.47. The van der Waals surface area contributed by atoms with Crippen molar-refractivity contribution in [2.24, 2.45) is 11.7 Å². The zero-order valence-corrected chi connectivity index (χ0v) is 10.7. The molecule has 2 aromatic rings. The van der Waals surface area contributed by atoms with Crippen LogP contribution in [0.1, 0.15) is 43.8 Å². The van der Waals surface area contributed by atoms with Crippen molar-refractivity contribution in [3.8, 4) is 0 Å². The number of nitrogens with two attached hydrogens (primary N) is 1. The van der Waals surface area contributed by atoms with Crippen molar-refractivity contribution < 1.29 is 0 Å². The van der Waals surface area contributed by atoms with Gasteiger partial charge in [0.25, 0.3) is 0 Å². The molecule has 0 amide bonds. The lowest BCUT2D eigenvalue weighted by molar-refractivity contribution is 0.306. The molecule has 1 aromatic heterocycles. The van der Waals surface area contributed by atoms with E-state index in [1.165, 1.54) is 42.9 Å². The van der Waals surface area contributed by atoms with E-state index in [2.05, 4.69) is 35.3 Å². The number of rotatable bonds is 2. The van der Waals surface area contributed by atoms with E-state index >= 15 is 0 Å². The summed E-state index contributed by atoms with van der Waals surface area (Å²) in [6.07, 6.45) is 8.41. The first kappa shape index (κ1) is 11.7. The summed E-state index contributed by atoms with van der Waals surface area (Å²) in [5.41, 5.74) is 7.56. The highest BCUT2D eigenvalue weighted by Gasteiger charge is 2.23. The van der Waals surface area contributed by atoms with Crippen molar-refractivity contribution >= 4 is 10.8 Å². The molecule has 1 atom stereocenters. The van der Waals surface area contributed by atoms with E-state index in [1.54, 1.807) is 0 Å². The standard InChI is InChI=1S/C16H20N2/c17-15(13-7-2-1-3-8-13)16-14-9-5-4-6-12(14)10-11-18-16/h4-6,9-11,13,15H,1-3,7-8,17H2. The lowest BCUT2D eigenvalue weighted by Crippen LogP contribution is -2.24. The number of pyridine rings is 1. The van der Waals surface area contributed by atoms with Crippen LogP contribution in [0.3, 0.4) is 0 Å². The number of hydrogen-bond donors (Lipinski definition) is 1. The number of nitrogens with zero attached hydrogens (tertiary/aromatic N) is 1. The van der Waals surface area contributed by atoms with E-state index in [1.807, 2.05) is 6.20 Å². The van der Waals surface area contributed by atoms with Crippen molar-refractivity contribution in [3.05, 3.63) is 42.2 Å². The monoisotopic (exact) mass is 240 g/mol. The van der Waals surface area contributed by atoms with Crippen LogP contribution in [0.15, 0.2) is 36.5 Å². The highest BCUT2D eigenvalue weighted by Crippen LogP contribution is 2.34. The zero-order chi connectivity index (χ0) is 12.4. The lowest BCUT2D eigenvalue weighted by Gasteiger charge is -2.27. The molecular formula is C16H20N2. The highest BCUT2D eigenvalue weighted by atomic mass is 14.8. The van der Waals surface area contributed by atoms with Gasteiger partial charge in [-0.25, -0.2) is 0 Å². The molecule has 2 N–H and O–H groups in total. The van der Waals surface area contributed by atoms with Crippen LogP contribution in [-0.4, -0.2) is 4.98 Å². The SMILES string of the molecule is NC(c1nccc2ccccc12)C1CCCCC1. The molecule has 2 heteroatoms. The fraction of sp³-hybridized carbons (Fsp3) is 0.438. The fourth-order valence-electron chi connectivity index (χ4n) is 3.13. The van der Waals surface area contributed by atoms with Crippen LogP contribution in [0, 0.1) is 5.92 Å². The summed E-state index contributed by atoms with van der Waals surface area (Å²) >= 11 is 0. The van der Waals surface area contributed by atoms with Crippen molar-refractivity contribution in [1.29, 1.82) is 0 Å². The van der Waals surface area contributed by atoms with Crippen LogP contribution in [0.2, 0.25) is 0 Å². The normalized spacial score (nSPS) is 18.9. The average Bonchev–Trinajstić information content (AvgIpc) is 2.47. The number of fused-ring (bicyclic) bond motifs is 1. The highest BCUT2D eigenvalue weighted by molar-refractivity contribution is 5.84. The van der Waals surface area contributed by atoms with Gasteiger partial charge in [-0.3, -0.25) is 4.98 Å². The van der Waals surface area contributed by atoms with Crippen molar-refractivity contribution in [2.45, 2.75) is 38.1 Å². The average molecular weight is 240 g/mol. The maximum absolute atomic E-state index is 6.47. The quantitative estimate of drug-likeness (QED) is 0.866. The summed E-state index contributed by atoms with van der Waals surface area (Å²) in [5.74, 6) is 0.608. The molecule has 1 fully saturated rings. The minimum atomic E-state index is 0.0939. The molecule has 0 aliphatic heterocycles. The molecule has 1 aromatic carbocycles. The second kappa shape index (κ2) is 5.07. The third-order valence-electron chi connectivity index (χ3n) is 4.18. The van der Waals surface area contributed by atoms with Gasteiger partial charge in [0.15, 0.2) is 0 Å². The number of hydrogen-bond acceptors (Lipinski definition) is 2. The molecule has 1 unspecified atom stereocenters. The second-order valence-electron chi connectivity index (χ2n) is 5.34. The molecule has 1 heterocycles. The smallest absolute Gasteiger partial charge is 0.0651 e. The van der Waals surface area contributed by atoms with Gasteiger partial charge in [-0.05, 0) is 30.2 Å². The van der Waals surface area contributed by atoms with Gasteiger partial charge in [0.2, 0.25) is 0 Å². The predicted molar refractivity (Wildman–Crippen MR) is 75.2 cm³/mol. The van der Waals surface area contributed by atoms with E-state index < -0.39 is 0 Å². The van der Waals surface area contributed by atoms with Crippen LogP contribution < -0.4 is 5.73 Å². The molecule has 0 saturated heterocycles. The first-order valence-electron chi connectivity index (χ1n) is 6.95. The minimum absolute atomic E-state index is 0.0939. The van der Waals surface area contributed by atoms with Gasteiger partial charge < -0.3 is 5.73 Å². The molecule has 2 nitrogen and oxygen atoms in total. The summed E-state index contributed by atoms with van der Waals surface area (Å²) in [6.45, 7) is 0. The summed E-state index contributed by atoms with van der Waals surface area (Å²) < 4.78 is 0. The van der Waals surface area contributed by atoms with Gasteiger partial charge in [-0.15, -0.1) is 0 Å². The van der Waals surface area contributed by atoms with Crippen LogP contribution in [0.5, 0.6) is 0 Å². The Morgan fingerprint density at radius 3 is 2.67 bits per heavy atom. The Bertz CT molecular complexity index is 524. The molecule has 94 valence electrons. The summed E-state index contributed by atoms with van der Waals surface area (Å²) in [7, 11) is 0. The van der Waals surface area contributed by atoms with E-state index in [9.17, 15) is 0 Å². The zero-order valence-electron chi connectivity index (χ0n) is 10.7. The van der Waals surface area contributed by atoms with E-state index in [0.717, 1.165) is 5.69 Å². The minimum Gasteiger partial charge on any atom is -0.322 e.